The van der Waals surface area contributed by atoms with Crippen LogP contribution in [0.5, 0.6) is 0 Å². The molecule has 0 fully saturated rings. The minimum Gasteiger partial charge on any atom is -0.741 e. The second-order valence-corrected chi connectivity index (χ2v) is 17.5. The molecule has 0 unspecified atom stereocenters. The van der Waals surface area contributed by atoms with Crippen LogP contribution in [0.25, 0.3) is 0 Å². The molecule has 212 valence electrons. The highest BCUT2D eigenvalue weighted by Gasteiger charge is 2.37. The number of halogens is 9. The maximum atomic E-state index is 10.7. The first-order valence-corrected chi connectivity index (χ1v) is 16.3. The van der Waals surface area contributed by atoms with Crippen LogP contribution in [0.4, 0.5) is 30.4 Å². The molecule has 0 radical (unpaired) electrons. The van der Waals surface area contributed by atoms with Crippen molar-refractivity contribution in [1.29, 1.82) is 0 Å². The Kier molecular flexibility index (Phi) is 16.0. The summed E-state index contributed by atoms with van der Waals surface area (Å²) in [7, 11) is -12.1. The van der Waals surface area contributed by atoms with Gasteiger partial charge in [0.05, 0.1) is 0 Å². The molecular weight excluding hydrogens is 766 g/mol. The highest BCUT2D eigenvalue weighted by Crippen LogP contribution is 2.20. The molecule has 0 saturated carbocycles. The van der Waals surface area contributed by atoms with Gasteiger partial charge in [0.2, 0.25) is 0 Å². The number of rotatable bonds is 3. The first-order valence-electron chi connectivity index (χ1n) is 10.5. The van der Waals surface area contributed by atoms with Crippen molar-refractivity contribution in [2.24, 2.45) is 0 Å². The Morgan fingerprint density at radius 2 is 1.00 bits per heavy atom. The Bertz CT molecular complexity index is 1150. The van der Waals surface area contributed by atoms with E-state index < -0.39 is 22.9 Å². The molecule has 0 saturated heterocycles. The minimum atomic E-state index is -6.09. The lowest BCUT2D eigenvalue weighted by Gasteiger charge is -2.08. The van der Waals surface area contributed by atoms with Gasteiger partial charge in [-0.15, -0.1) is 0 Å². The zero-order chi connectivity index (χ0) is 29.6. The van der Waals surface area contributed by atoms with Gasteiger partial charge in [-0.2, -0.15) is 13.2 Å². The van der Waals surface area contributed by atoms with E-state index in [1.807, 2.05) is 0 Å². The van der Waals surface area contributed by atoms with Crippen molar-refractivity contribution in [3.05, 3.63) is 101 Å². The van der Waals surface area contributed by atoms with Crippen molar-refractivity contribution in [3.63, 3.8) is 0 Å². The largest absolute Gasteiger partial charge is 0.741 e. The summed E-state index contributed by atoms with van der Waals surface area (Å²) in [4.78, 5) is 0. The summed E-state index contributed by atoms with van der Waals surface area (Å²) in [5.74, 6) is 0. The maximum absolute atomic E-state index is 10.7. The Morgan fingerprint density at radius 1 is 0.684 bits per heavy atom. The molecule has 3 aromatic rings. The summed E-state index contributed by atoms with van der Waals surface area (Å²) in [6.45, 7) is 9.07. The van der Waals surface area contributed by atoms with Crippen molar-refractivity contribution in [2.75, 3.05) is 0 Å². The molecule has 0 amide bonds. The third kappa shape index (κ3) is 21.5. The lowest BCUT2D eigenvalue weighted by molar-refractivity contribution is -0.691. The summed E-state index contributed by atoms with van der Waals surface area (Å²) in [6.07, 6.45) is 0. The first-order chi connectivity index (χ1) is 17.2. The van der Waals surface area contributed by atoms with Crippen LogP contribution in [-0.4, -0.2) is 29.2 Å². The van der Waals surface area contributed by atoms with E-state index in [1.165, 1.54) is 12.7 Å². The van der Waals surface area contributed by atoms with Gasteiger partial charge in [-0.05, 0) is 64.1 Å². The van der Waals surface area contributed by atoms with Crippen LogP contribution >= 0.6 is 0 Å². The third-order valence-corrected chi connectivity index (χ3v) is 9.58. The molecule has 3 aromatic carbocycles. The molecule has 0 N–H and O–H groups in total. The molecule has 3 rings (SSSR count). The van der Waals surface area contributed by atoms with E-state index in [0.717, 1.165) is 0 Å². The number of hydrogen-bond donors (Lipinski definition) is 0. The fourth-order valence-electron chi connectivity index (χ4n) is 2.00. The number of hydrogen-bond acceptors (Lipinski definition) is 3. The van der Waals surface area contributed by atoms with Gasteiger partial charge in [0.15, 0.2) is 24.3 Å². The molecule has 0 aliphatic rings. The summed E-state index contributed by atoms with van der Waals surface area (Å²) in [5.41, 5.74) is -4.31. The van der Waals surface area contributed by atoms with E-state index in [9.17, 15) is 30.4 Å². The van der Waals surface area contributed by atoms with Crippen LogP contribution in [0.3, 0.4) is 0 Å². The van der Waals surface area contributed by atoms with E-state index in [4.69, 9.17) is 13.0 Å². The fraction of sp³-hybridized carbons (Fsp3) is 0.250. The molecule has 0 bridgehead atoms. The van der Waals surface area contributed by atoms with Crippen LogP contribution < -0.4 is 42.4 Å². The quantitative estimate of drug-likeness (QED) is 0.100. The lowest BCUT2D eigenvalue weighted by atomic mass is 10.2. The van der Waals surface area contributed by atoms with Gasteiger partial charge < -0.3 is 21.8 Å². The van der Waals surface area contributed by atoms with Crippen LogP contribution in [0.1, 0.15) is 26.3 Å². The standard InChI is InChI=1S/C13H12I.C10H14I.CHF3O3S.BF4/c1-11-7-9-13(10-8-11)14-12-5-3-2-4-6-12;1-10(2,3)11-9-7-5-4-6-8-9;2-1(3,4)8(5,6)7;2-1(3,4)5/h2-10H,1H3;4-8H,1-3H3;(H,5,6,7);/q2*+1;;-1/p-1. The average molecular weight is 792 g/mol. The lowest BCUT2D eigenvalue weighted by Crippen LogP contribution is -3.67. The summed E-state index contributed by atoms with van der Waals surface area (Å²) >= 11 is 0.199. The first kappa shape index (κ1) is 36.6. The Hall–Kier alpha value is -1.40. The van der Waals surface area contributed by atoms with Crippen molar-refractivity contribution in [1.82, 2.24) is 0 Å². The molecule has 3 nitrogen and oxygen atoms in total. The van der Waals surface area contributed by atoms with Crippen molar-refractivity contribution >= 4 is 17.4 Å². The normalized spacial score (nSPS) is 11.6. The Labute approximate surface area is 239 Å². The SMILES string of the molecule is CC(C)(C)[I+]c1ccccc1.Cc1ccc([I+]c2ccccc2)cc1.F[B-](F)(F)F.O=S(=O)([O-])C(F)(F)F. The molecule has 0 heterocycles. The van der Waals surface area contributed by atoms with Gasteiger partial charge in [0, 0.05) is 0 Å². The van der Waals surface area contributed by atoms with Crippen molar-refractivity contribution in [3.8, 4) is 0 Å². The van der Waals surface area contributed by atoms with E-state index in [1.54, 1.807) is 3.57 Å². The zero-order valence-corrected chi connectivity index (χ0v) is 25.8. The van der Waals surface area contributed by atoms with Gasteiger partial charge in [-0.3, -0.25) is 0 Å². The number of benzene rings is 3. The maximum Gasteiger partial charge on any atom is 0.673 e. The molecule has 0 aliphatic heterocycles. The third-order valence-electron chi connectivity index (χ3n) is 3.37. The van der Waals surface area contributed by atoms with E-state index in [-0.39, 0.29) is 42.4 Å². The van der Waals surface area contributed by atoms with Crippen LogP contribution in [-0.2, 0) is 10.1 Å². The van der Waals surface area contributed by atoms with Crippen LogP contribution in [0, 0.1) is 17.6 Å². The molecule has 0 aliphatic carbocycles. The van der Waals surface area contributed by atoms with E-state index in [2.05, 4.69) is 113 Å². The summed E-state index contributed by atoms with van der Waals surface area (Å²) in [5, 5.41) is 0. The number of alkyl halides is 4. The summed E-state index contributed by atoms with van der Waals surface area (Å²) < 4.78 is 103. The summed E-state index contributed by atoms with van der Waals surface area (Å²) in [6, 6.07) is 30.4. The molecular formula is C24H26BF7I2O3S. The van der Waals surface area contributed by atoms with Gasteiger partial charge in [-0.25, -0.2) is 8.42 Å². The second-order valence-electron chi connectivity index (χ2n) is 8.04. The predicted molar refractivity (Wildman–Crippen MR) is 126 cm³/mol. The van der Waals surface area contributed by atoms with Crippen molar-refractivity contribution < 1.29 is 85.8 Å². The highest BCUT2D eigenvalue weighted by molar-refractivity contribution is 7.86. The molecule has 0 spiro atoms. The van der Waals surface area contributed by atoms with E-state index >= 15 is 0 Å². The van der Waals surface area contributed by atoms with Crippen LogP contribution in [0.15, 0.2) is 84.9 Å². The van der Waals surface area contributed by atoms with E-state index in [0.29, 0.717) is 3.42 Å². The molecule has 0 atom stereocenters. The minimum absolute atomic E-state index is 0.0159. The van der Waals surface area contributed by atoms with Crippen molar-refractivity contribution in [2.45, 2.75) is 36.6 Å². The van der Waals surface area contributed by atoms with Gasteiger partial charge in [-0.1, -0.05) is 54.1 Å². The molecule has 14 heteroatoms. The Balaban J connectivity index is 0.000000513. The molecule has 0 aromatic heterocycles. The van der Waals surface area contributed by atoms with Crippen LogP contribution in [0.2, 0.25) is 0 Å². The average Bonchev–Trinajstić information content (AvgIpc) is 2.74. The van der Waals surface area contributed by atoms with Gasteiger partial charge >= 0.3 is 55.2 Å². The zero-order valence-electron chi connectivity index (χ0n) is 20.7. The smallest absolute Gasteiger partial charge is 0.673 e. The second kappa shape index (κ2) is 16.6. The monoisotopic (exact) mass is 792 g/mol. The fourth-order valence-corrected chi connectivity index (χ4v) is 6.86. The Morgan fingerprint density at radius 3 is 1.32 bits per heavy atom. The predicted octanol–water partition coefficient (Wildman–Crippen LogP) is 1.22. The molecule has 38 heavy (non-hydrogen) atoms. The van der Waals surface area contributed by atoms with Gasteiger partial charge in [0.25, 0.3) is 0 Å². The topological polar surface area (TPSA) is 57.2 Å². The number of aryl methyl sites for hydroxylation is 1. The van der Waals surface area contributed by atoms with Gasteiger partial charge in [0.1, 0.15) is 0 Å². The highest BCUT2D eigenvalue weighted by atomic mass is 127.